The van der Waals surface area contributed by atoms with E-state index < -0.39 is 0 Å². The van der Waals surface area contributed by atoms with Gasteiger partial charge in [0, 0.05) is 35.2 Å². The molecule has 8 heteroatoms. The Morgan fingerprint density at radius 2 is 2.13 bits per heavy atom. The number of amides is 1. The number of anilines is 2. The van der Waals surface area contributed by atoms with Gasteiger partial charge in [-0.3, -0.25) is 9.89 Å². The van der Waals surface area contributed by atoms with Gasteiger partial charge in [0.15, 0.2) is 0 Å². The summed E-state index contributed by atoms with van der Waals surface area (Å²) in [5.41, 5.74) is 7.15. The molecule has 0 fully saturated rings. The van der Waals surface area contributed by atoms with Gasteiger partial charge < -0.3 is 10.2 Å². The number of hydrogen-bond acceptors (Lipinski definition) is 6. The Labute approximate surface area is 184 Å². The maximum Gasteiger partial charge on any atom is 0.246 e. The van der Waals surface area contributed by atoms with Gasteiger partial charge in [0.25, 0.3) is 0 Å². The fourth-order valence-corrected chi connectivity index (χ4v) is 4.63. The Morgan fingerprint density at radius 3 is 2.90 bits per heavy atom. The van der Waals surface area contributed by atoms with Crippen LogP contribution in [0.2, 0.25) is 0 Å². The summed E-state index contributed by atoms with van der Waals surface area (Å²) in [6.45, 7) is 4.83. The number of aromatic amines is 1. The average Bonchev–Trinajstić information content (AvgIpc) is 3.53. The number of H-pyrrole nitrogens is 1. The van der Waals surface area contributed by atoms with Crippen molar-refractivity contribution in [1.82, 2.24) is 19.6 Å². The molecule has 2 aromatic carbocycles. The van der Waals surface area contributed by atoms with E-state index in [0.29, 0.717) is 6.54 Å². The largest absolute Gasteiger partial charge is 0.376 e. The molecule has 0 saturated carbocycles. The van der Waals surface area contributed by atoms with Crippen LogP contribution in [-0.2, 0) is 11.2 Å². The molecule has 0 aliphatic carbocycles. The maximum absolute atomic E-state index is 13.1. The van der Waals surface area contributed by atoms with E-state index in [9.17, 15) is 4.79 Å². The second kappa shape index (κ2) is 7.96. The van der Waals surface area contributed by atoms with Crippen LogP contribution >= 0.6 is 11.5 Å². The lowest BCUT2D eigenvalue weighted by atomic mass is 10.0. The van der Waals surface area contributed by atoms with Crippen molar-refractivity contribution < 1.29 is 4.79 Å². The highest BCUT2D eigenvalue weighted by molar-refractivity contribution is 7.09. The van der Waals surface area contributed by atoms with E-state index in [4.69, 9.17) is 0 Å². The zero-order chi connectivity index (χ0) is 21.4. The SMILES string of the molecule is Cc1nsc(-c2ccc(C)c(NCC(=O)N3CCc4c(-c5cc[nH]n5)cccc43)c2)n1. The first-order valence-corrected chi connectivity index (χ1v) is 10.9. The van der Waals surface area contributed by atoms with Crippen LogP contribution in [0.15, 0.2) is 48.7 Å². The number of carbonyl (C=O) groups is 1. The number of hydrogen-bond donors (Lipinski definition) is 2. The Balaban J connectivity index is 1.33. The van der Waals surface area contributed by atoms with E-state index >= 15 is 0 Å². The molecule has 2 aromatic heterocycles. The molecule has 1 aliphatic rings. The Morgan fingerprint density at radius 1 is 1.23 bits per heavy atom. The summed E-state index contributed by atoms with van der Waals surface area (Å²) >= 11 is 1.38. The summed E-state index contributed by atoms with van der Waals surface area (Å²) < 4.78 is 4.26. The molecule has 7 nitrogen and oxygen atoms in total. The number of aryl methyl sites for hydroxylation is 2. The summed E-state index contributed by atoms with van der Waals surface area (Å²) in [7, 11) is 0. The smallest absolute Gasteiger partial charge is 0.246 e. The predicted molar refractivity (Wildman–Crippen MR) is 123 cm³/mol. The number of nitrogens with zero attached hydrogens (tertiary/aromatic N) is 4. The van der Waals surface area contributed by atoms with Gasteiger partial charge in [-0.05, 0) is 61.1 Å². The van der Waals surface area contributed by atoms with E-state index in [1.54, 1.807) is 0 Å². The minimum atomic E-state index is 0.0505. The lowest BCUT2D eigenvalue weighted by Crippen LogP contribution is -2.34. The Hall–Kier alpha value is -3.52. The number of benzene rings is 2. The van der Waals surface area contributed by atoms with Gasteiger partial charge in [-0.1, -0.05) is 24.3 Å². The molecule has 1 amide bonds. The van der Waals surface area contributed by atoms with Crippen LogP contribution in [0.25, 0.3) is 21.8 Å². The van der Waals surface area contributed by atoms with Gasteiger partial charge in [0.1, 0.15) is 10.8 Å². The third-order valence-electron chi connectivity index (χ3n) is 5.55. The van der Waals surface area contributed by atoms with Crippen molar-refractivity contribution >= 4 is 28.8 Å². The second-order valence-corrected chi connectivity index (χ2v) is 8.34. The quantitative estimate of drug-likeness (QED) is 0.495. The van der Waals surface area contributed by atoms with Crippen LogP contribution in [0.5, 0.6) is 0 Å². The maximum atomic E-state index is 13.1. The summed E-state index contributed by atoms with van der Waals surface area (Å²) in [6.07, 6.45) is 2.64. The zero-order valence-electron chi connectivity index (χ0n) is 17.3. The average molecular weight is 431 g/mol. The standard InChI is InChI=1S/C23H22N6OS/c1-14-6-7-16(23-26-15(2)28-31-23)12-20(14)24-13-22(30)29-11-9-18-17(4-3-5-21(18)29)19-8-10-25-27-19/h3-8,10,12,24H,9,11,13H2,1-2H3,(H,25,27). The van der Waals surface area contributed by atoms with Crippen LogP contribution in [-0.4, -0.2) is 38.6 Å². The molecule has 0 atom stereocenters. The van der Waals surface area contributed by atoms with Crippen LogP contribution < -0.4 is 10.2 Å². The highest BCUT2D eigenvalue weighted by Gasteiger charge is 2.27. The van der Waals surface area contributed by atoms with E-state index in [1.807, 2.05) is 61.3 Å². The molecule has 0 radical (unpaired) electrons. The van der Waals surface area contributed by atoms with E-state index in [1.165, 1.54) is 17.1 Å². The number of carbonyl (C=O) groups excluding carboxylic acids is 1. The molecule has 4 aromatic rings. The van der Waals surface area contributed by atoms with E-state index in [2.05, 4.69) is 30.9 Å². The molecule has 2 N–H and O–H groups in total. The third-order valence-corrected chi connectivity index (χ3v) is 6.40. The van der Waals surface area contributed by atoms with E-state index in [-0.39, 0.29) is 12.5 Å². The summed E-state index contributed by atoms with van der Waals surface area (Å²) in [5.74, 6) is 0.821. The Bertz CT molecular complexity index is 1250. The molecule has 3 heterocycles. The van der Waals surface area contributed by atoms with Gasteiger partial charge in [-0.2, -0.15) is 9.47 Å². The number of fused-ring (bicyclic) bond motifs is 1. The van der Waals surface area contributed by atoms with Crippen LogP contribution in [0.4, 0.5) is 11.4 Å². The van der Waals surface area contributed by atoms with Gasteiger partial charge >= 0.3 is 0 Å². The highest BCUT2D eigenvalue weighted by Crippen LogP contribution is 2.35. The molecule has 0 saturated heterocycles. The van der Waals surface area contributed by atoms with Crippen molar-refractivity contribution in [2.45, 2.75) is 20.3 Å². The molecule has 0 spiro atoms. The summed E-state index contributed by atoms with van der Waals surface area (Å²) in [5, 5.41) is 11.4. The minimum absolute atomic E-state index is 0.0505. The van der Waals surface area contributed by atoms with Crippen molar-refractivity contribution in [3.63, 3.8) is 0 Å². The van der Waals surface area contributed by atoms with Crippen molar-refractivity contribution in [2.24, 2.45) is 0 Å². The van der Waals surface area contributed by atoms with Crippen LogP contribution in [0.3, 0.4) is 0 Å². The second-order valence-electron chi connectivity index (χ2n) is 7.59. The van der Waals surface area contributed by atoms with Gasteiger partial charge in [-0.25, -0.2) is 4.98 Å². The lowest BCUT2D eigenvalue weighted by Gasteiger charge is -2.19. The number of rotatable bonds is 5. The third kappa shape index (κ3) is 3.70. The normalized spacial score (nSPS) is 12.8. The predicted octanol–water partition coefficient (Wildman–Crippen LogP) is 4.21. The Kier molecular flexibility index (Phi) is 4.99. The van der Waals surface area contributed by atoms with Crippen molar-refractivity contribution in [3.05, 3.63) is 65.6 Å². The fraction of sp³-hybridized carbons (Fsp3) is 0.217. The lowest BCUT2D eigenvalue weighted by molar-refractivity contribution is -0.116. The molecule has 31 heavy (non-hydrogen) atoms. The monoisotopic (exact) mass is 430 g/mol. The molecule has 0 bridgehead atoms. The fourth-order valence-electron chi connectivity index (χ4n) is 3.97. The number of nitrogens with one attached hydrogen (secondary N) is 2. The molecule has 1 aliphatic heterocycles. The van der Waals surface area contributed by atoms with Crippen LogP contribution in [0.1, 0.15) is 17.0 Å². The highest BCUT2D eigenvalue weighted by atomic mass is 32.1. The first-order valence-electron chi connectivity index (χ1n) is 10.2. The van der Waals surface area contributed by atoms with E-state index in [0.717, 1.165) is 51.0 Å². The first kappa shape index (κ1) is 19.4. The van der Waals surface area contributed by atoms with Crippen LogP contribution in [0, 0.1) is 13.8 Å². The molecule has 0 unspecified atom stereocenters. The topological polar surface area (TPSA) is 86.8 Å². The van der Waals surface area contributed by atoms with Gasteiger partial charge in [0.2, 0.25) is 5.91 Å². The van der Waals surface area contributed by atoms with Crippen molar-refractivity contribution in [1.29, 1.82) is 0 Å². The minimum Gasteiger partial charge on any atom is -0.376 e. The van der Waals surface area contributed by atoms with Crippen molar-refractivity contribution in [2.75, 3.05) is 23.3 Å². The van der Waals surface area contributed by atoms with Crippen molar-refractivity contribution in [3.8, 4) is 21.8 Å². The molecular weight excluding hydrogens is 408 g/mol. The zero-order valence-corrected chi connectivity index (χ0v) is 18.2. The number of aromatic nitrogens is 4. The van der Waals surface area contributed by atoms with Gasteiger partial charge in [0.05, 0.1) is 12.2 Å². The summed E-state index contributed by atoms with van der Waals surface area (Å²) in [4.78, 5) is 19.4. The molecule has 5 rings (SSSR count). The first-order chi connectivity index (χ1) is 15.1. The molecular formula is C23H22N6OS. The summed E-state index contributed by atoms with van der Waals surface area (Å²) in [6, 6.07) is 14.1. The van der Waals surface area contributed by atoms with Gasteiger partial charge in [-0.15, -0.1) is 0 Å². The molecule has 156 valence electrons.